The number of aryl methyl sites for hydroxylation is 2. The highest BCUT2D eigenvalue weighted by atomic mass is 32.1. The van der Waals surface area contributed by atoms with Crippen LogP contribution in [0.1, 0.15) is 6.42 Å². The second kappa shape index (κ2) is 7.85. The molecule has 0 fully saturated rings. The van der Waals surface area contributed by atoms with Crippen LogP contribution in [0, 0.1) is 0 Å². The second-order valence-corrected chi connectivity index (χ2v) is 8.37. The van der Waals surface area contributed by atoms with Gasteiger partial charge in [0.25, 0.3) is 0 Å². The molecule has 5 rings (SSSR count). The monoisotopic (exact) mass is 428 g/mol. The molecule has 0 bridgehead atoms. The molecule has 3 aromatic carbocycles. The molecule has 0 atom stereocenters. The standard InChI is InChI=1S/C24H20N4O2S/c1-27-19-7-3-4-8-20(19)28(24(27)30)15-14-22(29)25-17-12-10-16(11-13-17)23-26-18-6-2-5-9-21(18)31-23/h2-13H,14-15H2,1H3,(H,25,29). The highest BCUT2D eigenvalue weighted by molar-refractivity contribution is 7.21. The van der Waals surface area contributed by atoms with E-state index >= 15 is 0 Å². The van der Waals surface area contributed by atoms with Crippen LogP contribution in [0.5, 0.6) is 0 Å². The van der Waals surface area contributed by atoms with Gasteiger partial charge in [0.2, 0.25) is 5.91 Å². The number of fused-ring (bicyclic) bond motifs is 2. The van der Waals surface area contributed by atoms with Gasteiger partial charge in [-0.1, -0.05) is 24.3 Å². The van der Waals surface area contributed by atoms with Gasteiger partial charge in [0, 0.05) is 31.3 Å². The largest absolute Gasteiger partial charge is 0.328 e. The van der Waals surface area contributed by atoms with Crippen molar-refractivity contribution in [2.24, 2.45) is 7.05 Å². The lowest BCUT2D eigenvalue weighted by Gasteiger charge is -2.07. The Hall–Kier alpha value is -3.71. The summed E-state index contributed by atoms with van der Waals surface area (Å²) >= 11 is 1.65. The molecule has 154 valence electrons. The molecule has 31 heavy (non-hydrogen) atoms. The van der Waals surface area contributed by atoms with Crippen molar-refractivity contribution in [1.29, 1.82) is 0 Å². The van der Waals surface area contributed by atoms with Crippen molar-refractivity contribution in [3.05, 3.63) is 83.3 Å². The van der Waals surface area contributed by atoms with Crippen LogP contribution in [0.2, 0.25) is 0 Å². The minimum Gasteiger partial charge on any atom is -0.326 e. The zero-order chi connectivity index (χ0) is 21.4. The van der Waals surface area contributed by atoms with Gasteiger partial charge in [0.15, 0.2) is 0 Å². The molecule has 7 heteroatoms. The zero-order valence-corrected chi connectivity index (χ0v) is 17.7. The number of hydrogen-bond acceptors (Lipinski definition) is 4. The summed E-state index contributed by atoms with van der Waals surface area (Å²) in [5.41, 5.74) is 4.31. The minimum absolute atomic E-state index is 0.116. The Bertz CT molecular complexity index is 1430. The molecule has 0 aliphatic rings. The molecule has 0 aliphatic carbocycles. The summed E-state index contributed by atoms with van der Waals surface area (Å²) in [5, 5.41) is 3.87. The first-order valence-corrected chi connectivity index (χ1v) is 10.8. The summed E-state index contributed by atoms with van der Waals surface area (Å²) < 4.78 is 4.40. The molecule has 2 aromatic heterocycles. The molecule has 0 saturated carbocycles. The van der Waals surface area contributed by atoms with Crippen LogP contribution in [0.3, 0.4) is 0 Å². The van der Waals surface area contributed by atoms with Gasteiger partial charge in [0.1, 0.15) is 5.01 Å². The minimum atomic E-state index is -0.132. The molecule has 0 saturated heterocycles. The predicted molar refractivity (Wildman–Crippen MR) is 125 cm³/mol. The van der Waals surface area contributed by atoms with Gasteiger partial charge in [-0.25, -0.2) is 9.78 Å². The first-order chi connectivity index (χ1) is 15.1. The van der Waals surface area contributed by atoms with Gasteiger partial charge in [-0.3, -0.25) is 13.9 Å². The first kappa shape index (κ1) is 19.3. The molecule has 6 nitrogen and oxygen atoms in total. The van der Waals surface area contributed by atoms with E-state index in [-0.39, 0.29) is 18.0 Å². The number of amides is 1. The van der Waals surface area contributed by atoms with Crippen LogP contribution in [0.15, 0.2) is 77.6 Å². The molecule has 1 N–H and O–H groups in total. The van der Waals surface area contributed by atoms with Crippen LogP contribution in [0.25, 0.3) is 31.8 Å². The first-order valence-electron chi connectivity index (χ1n) is 10.0. The van der Waals surface area contributed by atoms with Crippen molar-refractivity contribution in [3.63, 3.8) is 0 Å². The fourth-order valence-electron chi connectivity index (χ4n) is 3.71. The third-order valence-electron chi connectivity index (χ3n) is 5.32. The normalized spacial score (nSPS) is 11.3. The third kappa shape index (κ3) is 3.64. The predicted octanol–water partition coefficient (Wildman–Crippen LogP) is 4.65. The van der Waals surface area contributed by atoms with Gasteiger partial charge in [-0.2, -0.15) is 0 Å². The quantitative estimate of drug-likeness (QED) is 0.443. The summed E-state index contributed by atoms with van der Waals surface area (Å²) in [4.78, 5) is 29.6. The number of anilines is 1. The van der Waals surface area contributed by atoms with Crippen molar-refractivity contribution in [1.82, 2.24) is 14.1 Å². The molecular weight excluding hydrogens is 408 g/mol. The maximum absolute atomic E-state index is 12.5. The van der Waals surface area contributed by atoms with Crippen molar-refractivity contribution in [2.75, 3.05) is 5.32 Å². The number of nitrogens with one attached hydrogen (secondary N) is 1. The maximum atomic E-state index is 12.5. The van der Waals surface area contributed by atoms with E-state index in [1.807, 2.05) is 66.7 Å². The topological polar surface area (TPSA) is 68.9 Å². The van der Waals surface area contributed by atoms with E-state index in [0.29, 0.717) is 6.54 Å². The number of para-hydroxylation sites is 3. The van der Waals surface area contributed by atoms with E-state index in [9.17, 15) is 9.59 Å². The van der Waals surface area contributed by atoms with E-state index in [1.165, 1.54) is 0 Å². The zero-order valence-electron chi connectivity index (χ0n) is 16.9. The summed E-state index contributed by atoms with van der Waals surface area (Å²) in [6.07, 6.45) is 0.216. The lowest BCUT2D eigenvalue weighted by Crippen LogP contribution is -2.24. The second-order valence-electron chi connectivity index (χ2n) is 7.34. The average molecular weight is 429 g/mol. The smallest absolute Gasteiger partial charge is 0.326 e. The Balaban J connectivity index is 1.27. The molecule has 1 amide bonds. The average Bonchev–Trinajstić information content (AvgIpc) is 3.33. The number of imidazole rings is 1. The van der Waals surface area contributed by atoms with Crippen LogP contribution in [-0.4, -0.2) is 20.0 Å². The maximum Gasteiger partial charge on any atom is 0.328 e. The van der Waals surface area contributed by atoms with Gasteiger partial charge in [0.05, 0.1) is 21.3 Å². The van der Waals surface area contributed by atoms with E-state index < -0.39 is 0 Å². The Kier molecular flexibility index (Phi) is 4.88. The van der Waals surface area contributed by atoms with Gasteiger partial charge >= 0.3 is 5.69 Å². The Morgan fingerprint density at radius 1 is 0.968 bits per heavy atom. The fourth-order valence-corrected chi connectivity index (χ4v) is 4.68. The summed E-state index contributed by atoms with van der Waals surface area (Å²) in [6.45, 7) is 0.329. The van der Waals surface area contributed by atoms with E-state index in [0.717, 1.165) is 37.5 Å². The van der Waals surface area contributed by atoms with Gasteiger partial charge in [-0.15, -0.1) is 11.3 Å². The van der Waals surface area contributed by atoms with Crippen LogP contribution in [-0.2, 0) is 18.4 Å². The van der Waals surface area contributed by atoms with E-state index in [1.54, 1.807) is 27.5 Å². The third-order valence-corrected chi connectivity index (χ3v) is 6.41. The van der Waals surface area contributed by atoms with Crippen LogP contribution in [0.4, 0.5) is 5.69 Å². The van der Waals surface area contributed by atoms with E-state index in [2.05, 4.69) is 16.4 Å². The molecule has 0 unspecified atom stereocenters. The SMILES string of the molecule is Cn1c(=O)n(CCC(=O)Nc2ccc(-c3nc4ccccc4s3)cc2)c2ccccc21. The van der Waals surface area contributed by atoms with Gasteiger partial charge < -0.3 is 5.32 Å². The molecular formula is C24H20N4O2S. The van der Waals surface area contributed by atoms with Gasteiger partial charge in [-0.05, 0) is 48.5 Å². The van der Waals surface area contributed by atoms with E-state index in [4.69, 9.17) is 0 Å². The Morgan fingerprint density at radius 2 is 1.68 bits per heavy atom. The summed E-state index contributed by atoms with van der Waals surface area (Å²) in [7, 11) is 1.74. The lowest BCUT2D eigenvalue weighted by atomic mass is 10.2. The number of nitrogens with zero attached hydrogens (tertiary/aromatic N) is 3. The number of thiazole rings is 1. The fraction of sp³-hybridized carbons (Fsp3) is 0.125. The highest BCUT2D eigenvalue weighted by Gasteiger charge is 2.12. The molecule has 2 heterocycles. The molecule has 0 spiro atoms. The van der Waals surface area contributed by atoms with Crippen molar-refractivity contribution in [2.45, 2.75) is 13.0 Å². The lowest BCUT2D eigenvalue weighted by molar-refractivity contribution is -0.116. The van der Waals surface area contributed by atoms with Crippen LogP contribution < -0.4 is 11.0 Å². The van der Waals surface area contributed by atoms with Crippen molar-refractivity contribution < 1.29 is 4.79 Å². The number of benzene rings is 3. The highest BCUT2D eigenvalue weighted by Crippen LogP contribution is 2.30. The number of rotatable bonds is 5. The molecule has 5 aromatic rings. The van der Waals surface area contributed by atoms with Crippen molar-refractivity contribution >= 4 is 44.2 Å². The number of aromatic nitrogens is 3. The molecule has 0 radical (unpaired) electrons. The Labute approximate surface area is 182 Å². The Morgan fingerprint density at radius 3 is 2.45 bits per heavy atom. The number of carbonyl (C=O) groups is 1. The van der Waals surface area contributed by atoms with Crippen LogP contribution >= 0.6 is 11.3 Å². The number of hydrogen-bond donors (Lipinski definition) is 1. The van der Waals surface area contributed by atoms with Crippen molar-refractivity contribution in [3.8, 4) is 10.6 Å². The summed E-state index contributed by atoms with van der Waals surface area (Å²) in [6, 6.07) is 23.3. The molecule has 0 aliphatic heterocycles. The number of carbonyl (C=O) groups excluding carboxylic acids is 1. The summed E-state index contributed by atoms with van der Waals surface area (Å²) in [5.74, 6) is -0.132.